The van der Waals surface area contributed by atoms with Gasteiger partial charge in [0.05, 0.1) is 12.7 Å². The number of hydrogen-bond donors (Lipinski definition) is 1. The molecule has 1 aliphatic rings. The monoisotopic (exact) mass is 236 g/mol. The maximum absolute atomic E-state index is 5.57. The number of rotatable bonds is 5. The zero-order chi connectivity index (χ0) is 12.1. The lowest BCUT2D eigenvalue weighted by Gasteiger charge is -2.26. The number of nitrogens with zero attached hydrogens (tertiary/aromatic N) is 1. The van der Waals surface area contributed by atoms with Crippen molar-refractivity contribution in [1.82, 2.24) is 10.3 Å². The van der Waals surface area contributed by atoms with Crippen LogP contribution in [0.4, 0.5) is 0 Å². The van der Waals surface area contributed by atoms with Gasteiger partial charge in [-0.15, -0.1) is 0 Å². The Labute approximate surface area is 104 Å². The van der Waals surface area contributed by atoms with Gasteiger partial charge in [0.15, 0.2) is 0 Å². The van der Waals surface area contributed by atoms with Gasteiger partial charge in [-0.2, -0.15) is 0 Å². The molecule has 0 radical (unpaired) electrons. The Morgan fingerprint density at radius 3 is 2.76 bits per heavy atom. The van der Waals surface area contributed by atoms with E-state index in [2.05, 4.69) is 24.1 Å². The molecule has 1 aromatic heterocycles. The molecule has 96 valence electrons. The molecule has 1 saturated carbocycles. The van der Waals surface area contributed by atoms with Gasteiger partial charge in [-0.3, -0.25) is 0 Å². The molecule has 3 nitrogen and oxygen atoms in total. The largest absolute Gasteiger partial charge is 0.444 e. The van der Waals surface area contributed by atoms with E-state index >= 15 is 0 Å². The van der Waals surface area contributed by atoms with Gasteiger partial charge in [0, 0.05) is 6.42 Å². The maximum atomic E-state index is 5.57. The fraction of sp³-hybridized carbons (Fsp3) is 0.786. The highest BCUT2D eigenvalue weighted by Gasteiger charge is 2.17. The molecule has 3 heteroatoms. The van der Waals surface area contributed by atoms with Crippen LogP contribution < -0.4 is 5.32 Å². The minimum atomic E-state index is 0.770. The van der Waals surface area contributed by atoms with Crippen LogP contribution >= 0.6 is 0 Å². The van der Waals surface area contributed by atoms with Crippen LogP contribution in [0.3, 0.4) is 0 Å². The molecule has 0 aliphatic heterocycles. The summed E-state index contributed by atoms with van der Waals surface area (Å²) in [6.45, 7) is 6.33. The fourth-order valence-corrected chi connectivity index (χ4v) is 2.51. The third-order valence-electron chi connectivity index (χ3n) is 3.79. The molecule has 0 aromatic carbocycles. The molecule has 1 heterocycles. The Morgan fingerprint density at radius 1 is 1.35 bits per heavy atom. The van der Waals surface area contributed by atoms with Crippen molar-refractivity contribution >= 4 is 0 Å². The summed E-state index contributed by atoms with van der Waals surface area (Å²) in [6.07, 6.45) is 8.30. The molecule has 0 unspecified atom stereocenters. The second-order valence-corrected chi connectivity index (χ2v) is 5.33. The Balaban J connectivity index is 1.65. The predicted octanol–water partition coefficient (Wildman–Crippen LogP) is 3.15. The number of aryl methyl sites for hydroxylation is 1. The van der Waals surface area contributed by atoms with Crippen molar-refractivity contribution in [3.8, 4) is 0 Å². The lowest BCUT2D eigenvalue weighted by molar-refractivity contribution is 0.278. The summed E-state index contributed by atoms with van der Waals surface area (Å²) in [4.78, 5) is 4.25. The van der Waals surface area contributed by atoms with E-state index in [1.165, 1.54) is 25.7 Å². The van der Waals surface area contributed by atoms with E-state index in [9.17, 15) is 0 Å². The average molecular weight is 236 g/mol. The van der Waals surface area contributed by atoms with Crippen LogP contribution in [-0.4, -0.2) is 11.5 Å². The molecule has 0 amide bonds. The lowest BCUT2D eigenvalue weighted by Crippen LogP contribution is -2.25. The van der Waals surface area contributed by atoms with Gasteiger partial charge in [-0.1, -0.05) is 26.7 Å². The second-order valence-electron chi connectivity index (χ2n) is 5.33. The van der Waals surface area contributed by atoms with Gasteiger partial charge >= 0.3 is 0 Å². The average Bonchev–Trinajstić information content (AvgIpc) is 2.80. The summed E-state index contributed by atoms with van der Waals surface area (Å²) in [7, 11) is 0. The zero-order valence-corrected chi connectivity index (χ0v) is 11.0. The molecule has 1 fully saturated rings. The molecular weight excluding hydrogens is 212 g/mol. The van der Waals surface area contributed by atoms with Crippen molar-refractivity contribution in [1.29, 1.82) is 0 Å². The topological polar surface area (TPSA) is 38.1 Å². The Morgan fingerprint density at radius 2 is 2.12 bits per heavy atom. The maximum Gasteiger partial charge on any atom is 0.208 e. The van der Waals surface area contributed by atoms with Gasteiger partial charge in [0.1, 0.15) is 5.76 Å². The van der Waals surface area contributed by atoms with Crippen molar-refractivity contribution in [2.24, 2.45) is 11.8 Å². The quantitative estimate of drug-likeness (QED) is 0.853. The standard InChI is InChI=1S/C14H24N2O/c1-3-13-9-16-14(17-13)10-15-8-12-6-4-11(2)5-7-12/h9,11-12,15H,3-8,10H2,1-2H3. The van der Waals surface area contributed by atoms with Gasteiger partial charge in [0.25, 0.3) is 0 Å². The minimum Gasteiger partial charge on any atom is -0.444 e. The van der Waals surface area contributed by atoms with E-state index in [-0.39, 0.29) is 0 Å². The molecular formula is C14H24N2O. The normalized spacial score (nSPS) is 25.1. The molecule has 1 aromatic rings. The lowest BCUT2D eigenvalue weighted by atomic mass is 9.83. The summed E-state index contributed by atoms with van der Waals surface area (Å²) >= 11 is 0. The SMILES string of the molecule is CCc1cnc(CNCC2CCC(C)CC2)o1. The molecule has 1 aliphatic carbocycles. The highest BCUT2D eigenvalue weighted by Crippen LogP contribution is 2.27. The van der Waals surface area contributed by atoms with Crippen LogP contribution in [0.15, 0.2) is 10.6 Å². The predicted molar refractivity (Wildman–Crippen MR) is 68.7 cm³/mol. The molecule has 0 atom stereocenters. The Hall–Kier alpha value is -0.830. The van der Waals surface area contributed by atoms with E-state index in [0.717, 1.165) is 43.0 Å². The zero-order valence-electron chi connectivity index (χ0n) is 11.0. The third-order valence-corrected chi connectivity index (χ3v) is 3.79. The van der Waals surface area contributed by atoms with Crippen molar-refractivity contribution in [3.63, 3.8) is 0 Å². The highest BCUT2D eigenvalue weighted by molar-refractivity contribution is 4.93. The van der Waals surface area contributed by atoms with Crippen LogP contribution in [0.5, 0.6) is 0 Å². The molecule has 0 spiro atoms. The van der Waals surface area contributed by atoms with Crippen LogP contribution in [0.2, 0.25) is 0 Å². The van der Waals surface area contributed by atoms with Crippen molar-refractivity contribution in [2.45, 2.75) is 52.5 Å². The van der Waals surface area contributed by atoms with Crippen LogP contribution in [0.25, 0.3) is 0 Å². The van der Waals surface area contributed by atoms with Crippen molar-refractivity contribution in [2.75, 3.05) is 6.54 Å². The van der Waals surface area contributed by atoms with E-state index in [0.29, 0.717) is 0 Å². The van der Waals surface area contributed by atoms with E-state index in [1.54, 1.807) is 0 Å². The van der Waals surface area contributed by atoms with Crippen LogP contribution in [0.1, 0.15) is 51.2 Å². The van der Waals surface area contributed by atoms with Crippen molar-refractivity contribution in [3.05, 3.63) is 17.8 Å². The van der Waals surface area contributed by atoms with Crippen LogP contribution in [-0.2, 0) is 13.0 Å². The Kier molecular flexibility index (Phi) is 4.60. The van der Waals surface area contributed by atoms with Gasteiger partial charge < -0.3 is 9.73 Å². The number of hydrogen-bond acceptors (Lipinski definition) is 3. The first kappa shape index (κ1) is 12.6. The number of aromatic nitrogens is 1. The molecule has 0 bridgehead atoms. The highest BCUT2D eigenvalue weighted by atomic mass is 16.4. The second kappa shape index (κ2) is 6.20. The van der Waals surface area contributed by atoms with Gasteiger partial charge in [-0.25, -0.2) is 4.98 Å². The smallest absolute Gasteiger partial charge is 0.208 e. The summed E-state index contributed by atoms with van der Waals surface area (Å²) in [6, 6.07) is 0. The summed E-state index contributed by atoms with van der Waals surface area (Å²) in [5.41, 5.74) is 0. The fourth-order valence-electron chi connectivity index (χ4n) is 2.51. The van der Waals surface area contributed by atoms with E-state index in [1.807, 2.05) is 6.20 Å². The summed E-state index contributed by atoms with van der Waals surface area (Å²) < 4.78 is 5.57. The Bertz CT molecular complexity index is 327. The van der Waals surface area contributed by atoms with E-state index < -0.39 is 0 Å². The van der Waals surface area contributed by atoms with E-state index in [4.69, 9.17) is 4.42 Å². The summed E-state index contributed by atoms with van der Waals surface area (Å²) in [5, 5.41) is 3.47. The van der Waals surface area contributed by atoms with Gasteiger partial charge in [0.2, 0.25) is 5.89 Å². The molecule has 2 rings (SSSR count). The van der Waals surface area contributed by atoms with Gasteiger partial charge in [-0.05, 0) is 31.2 Å². The molecule has 1 N–H and O–H groups in total. The van der Waals surface area contributed by atoms with Crippen LogP contribution in [0, 0.1) is 11.8 Å². The first-order valence-corrected chi connectivity index (χ1v) is 6.92. The number of nitrogens with one attached hydrogen (secondary N) is 1. The molecule has 17 heavy (non-hydrogen) atoms. The first-order valence-electron chi connectivity index (χ1n) is 6.92. The number of oxazole rings is 1. The molecule has 0 saturated heterocycles. The first-order chi connectivity index (χ1) is 8.28. The minimum absolute atomic E-state index is 0.770. The van der Waals surface area contributed by atoms with Crippen molar-refractivity contribution < 1.29 is 4.42 Å². The third kappa shape index (κ3) is 3.84. The summed E-state index contributed by atoms with van der Waals surface area (Å²) in [5.74, 6) is 3.59.